The Labute approximate surface area is 139 Å². The molecule has 2 aromatic rings. The Kier molecular flexibility index (Phi) is 5.24. The van der Waals surface area contributed by atoms with E-state index < -0.39 is 27.5 Å². The monoisotopic (exact) mass is 359 g/mol. The van der Waals surface area contributed by atoms with E-state index in [-0.39, 0.29) is 17.5 Å². The molecule has 9 heteroatoms. The third-order valence-corrected chi connectivity index (χ3v) is 4.66. The van der Waals surface area contributed by atoms with Gasteiger partial charge in [0.05, 0.1) is 12.2 Å². The van der Waals surface area contributed by atoms with Crippen LogP contribution >= 0.6 is 0 Å². The van der Waals surface area contributed by atoms with Crippen molar-refractivity contribution in [3.05, 3.63) is 41.4 Å². The fraction of sp³-hybridized carbons (Fsp3) is 0.400. The molecule has 0 saturated carbocycles. The van der Waals surface area contributed by atoms with Crippen molar-refractivity contribution in [1.29, 1.82) is 0 Å². The number of hydrogen-bond acceptors (Lipinski definition) is 5. The van der Waals surface area contributed by atoms with E-state index in [1.54, 1.807) is 20.8 Å². The number of hydrogen-bond donors (Lipinski definition) is 1. The van der Waals surface area contributed by atoms with E-state index in [1.807, 2.05) is 0 Å². The van der Waals surface area contributed by atoms with E-state index in [9.17, 15) is 17.2 Å². The highest BCUT2D eigenvalue weighted by atomic mass is 32.2. The van der Waals surface area contributed by atoms with Crippen molar-refractivity contribution >= 4 is 10.1 Å². The third-order valence-electron chi connectivity index (χ3n) is 3.35. The van der Waals surface area contributed by atoms with Crippen LogP contribution in [0.25, 0.3) is 0 Å². The van der Waals surface area contributed by atoms with Crippen molar-refractivity contribution < 1.29 is 21.4 Å². The highest BCUT2D eigenvalue weighted by Crippen LogP contribution is 2.28. The molecule has 0 bridgehead atoms. The molecule has 1 heterocycles. The zero-order valence-corrected chi connectivity index (χ0v) is 14.4. The number of aromatic nitrogens is 2. The van der Waals surface area contributed by atoms with Crippen LogP contribution in [0.2, 0.25) is 0 Å². The van der Waals surface area contributed by atoms with Gasteiger partial charge in [0.1, 0.15) is 23.2 Å². The summed E-state index contributed by atoms with van der Waals surface area (Å²) in [5, 5.41) is -0.148. The maximum absolute atomic E-state index is 13.3. The SMILES string of the molecule is CCn1c(CN)nc(C(C)C)c1S(=O)(=O)Oc1cc(F)cc(F)c1. The van der Waals surface area contributed by atoms with Gasteiger partial charge in [-0.1, -0.05) is 13.8 Å². The first-order valence-corrected chi connectivity index (χ1v) is 8.80. The molecular weight excluding hydrogens is 340 g/mol. The molecule has 0 aliphatic carbocycles. The molecule has 0 fully saturated rings. The van der Waals surface area contributed by atoms with Gasteiger partial charge in [-0.05, 0) is 12.8 Å². The summed E-state index contributed by atoms with van der Waals surface area (Å²) in [6.45, 7) is 5.66. The Morgan fingerprint density at radius 3 is 2.29 bits per heavy atom. The second-order valence-electron chi connectivity index (χ2n) is 5.46. The Morgan fingerprint density at radius 2 is 1.83 bits per heavy atom. The lowest BCUT2D eigenvalue weighted by Gasteiger charge is -2.13. The molecule has 24 heavy (non-hydrogen) atoms. The first-order chi connectivity index (χ1) is 11.2. The Balaban J connectivity index is 2.58. The van der Waals surface area contributed by atoms with Crippen LogP contribution in [0.15, 0.2) is 23.2 Å². The van der Waals surface area contributed by atoms with Crippen LogP contribution in [0.5, 0.6) is 5.75 Å². The zero-order valence-electron chi connectivity index (χ0n) is 13.6. The normalized spacial score (nSPS) is 12.0. The van der Waals surface area contributed by atoms with Gasteiger partial charge in [-0.15, -0.1) is 0 Å². The fourth-order valence-corrected chi connectivity index (χ4v) is 3.84. The van der Waals surface area contributed by atoms with E-state index in [1.165, 1.54) is 4.57 Å². The maximum Gasteiger partial charge on any atom is 0.357 e. The molecule has 0 aliphatic rings. The number of rotatable bonds is 6. The summed E-state index contributed by atoms with van der Waals surface area (Å²) in [6, 6.07) is 2.22. The van der Waals surface area contributed by atoms with Crippen LogP contribution in [0.4, 0.5) is 8.78 Å². The predicted octanol–water partition coefficient (Wildman–Crippen LogP) is 2.53. The van der Waals surface area contributed by atoms with Crippen molar-refractivity contribution in [3.8, 4) is 5.75 Å². The second-order valence-corrected chi connectivity index (χ2v) is 6.93. The first-order valence-electron chi connectivity index (χ1n) is 7.39. The standard InChI is InChI=1S/C15H19F2N3O3S/c1-4-20-13(8-18)19-14(9(2)3)15(20)24(21,22)23-12-6-10(16)5-11(17)7-12/h5-7,9H,4,8,18H2,1-3H3. The molecule has 6 nitrogen and oxygen atoms in total. The lowest BCUT2D eigenvalue weighted by atomic mass is 10.1. The van der Waals surface area contributed by atoms with Crippen molar-refractivity contribution in [2.75, 3.05) is 0 Å². The molecule has 1 aromatic carbocycles. The van der Waals surface area contributed by atoms with Gasteiger partial charge in [-0.3, -0.25) is 0 Å². The minimum atomic E-state index is -4.34. The third kappa shape index (κ3) is 3.57. The van der Waals surface area contributed by atoms with Crippen LogP contribution in [-0.2, 0) is 23.2 Å². The molecular formula is C15H19F2N3O3S. The van der Waals surface area contributed by atoms with E-state index in [0.717, 1.165) is 12.1 Å². The Morgan fingerprint density at radius 1 is 1.25 bits per heavy atom. The Hall–Kier alpha value is -2.00. The number of benzene rings is 1. The number of halogens is 2. The minimum Gasteiger partial charge on any atom is -0.378 e. The molecule has 0 aliphatic heterocycles. The quantitative estimate of drug-likeness (QED) is 0.801. The molecule has 2 rings (SSSR count). The van der Waals surface area contributed by atoms with Crippen molar-refractivity contribution in [2.24, 2.45) is 5.73 Å². The molecule has 0 radical (unpaired) electrons. The lowest BCUT2D eigenvalue weighted by molar-refractivity contribution is 0.464. The largest absolute Gasteiger partial charge is 0.378 e. The smallest absolute Gasteiger partial charge is 0.357 e. The van der Waals surface area contributed by atoms with Crippen LogP contribution in [-0.4, -0.2) is 18.0 Å². The van der Waals surface area contributed by atoms with Gasteiger partial charge in [0, 0.05) is 24.7 Å². The summed E-state index contributed by atoms with van der Waals surface area (Å²) >= 11 is 0. The minimum absolute atomic E-state index is 0.0532. The van der Waals surface area contributed by atoms with Crippen LogP contribution in [0, 0.1) is 11.6 Å². The average molecular weight is 359 g/mol. The predicted molar refractivity (Wildman–Crippen MR) is 84.1 cm³/mol. The zero-order chi connectivity index (χ0) is 18.1. The average Bonchev–Trinajstić information content (AvgIpc) is 2.85. The van der Waals surface area contributed by atoms with Gasteiger partial charge in [0.15, 0.2) is 5.03 Å². The summed E-state index contributed by atoms with van der Waals surface area (Å²) in [5.41, 5.74) is 5.93. The van der Waals surface area contributed by atoms with E-state index >= 15 is 0 Å². The molecule has 0 amide bonds. The molecule has 0 unspecified atom stereocenters. The summed E-state index contributed by atoms with van der Waals surface area (Å²) < 4.78 is 58.3. The Bertz CT molecular complexity index is 828. The van der Waals surface area contributed by atoms with Crippen LogP contribution in [0.3, 0.4) is 0 Å². The van der Waals surface area contributed by atoms with Gasteiger partial charge in [-0.25, -0.2) is 13.8 Å². The van der Waals surface area contributed by atoms with Crippen molar-refractivity contribution in [2.45, 2.75) is 44.8 Å². The van der Waals surface area contributed by atoms with Gasteiger partial charge >= 0.3 is 10.1 Å². The lowest BCUT2D eigenvalue weighted by Crippen LogP contribution is -2.18. The number of nitrogens with zero attached hydrogens (tertiary/aromatic N) is 2. The summed E-state index contributed by atoms with van der Waals surface area (Å²) in [7, 11) is -4.34. The van der Waals surface area contributed by atoms with Crippen molar-refractivity contribution in [1.82, 2.24) is 9.55 Å². The molecule has 0 atom stereocenters. The molecule has 132 valence electrons. The first kappa shape index (κ1) is 18.3. The molecule has 0 spiro atoms. The number of imidazole rings is 1. The highest BCUT2D eigenvalue weighted by molar-refractivity contribution is 7.87. The van der Waals surface area contributed by atoms with E-state index in [0.29, 0.717) is 24.1 Å². The second kappa shape index (κ2) is 6.86. The summed E-state index contributed by atoms with van der Waals surface area (Å²) in [5.74, 6) is -2.12. The van der Waals surface area contributed by atoms with E-state index in [4.69, 9.17) is 9.92 Å². The summed E-state index contributed by atoms with van der Waals surface area (Å²) in [6.07, 6.45) is 0. The summed E-state index contributed by atoms with van der Waals surface area (Å²) in [4.78, 5) is 4.27. The topological polar surface area (TPSA) is 87.2 Å². The highest BCUT2D eigenvalue weighted by Gasteiger charge is 2.30. The van der Waals surface area contributed by atoms with Gasteiger partial charge < -0.3 is 14.5 Å². The molecule has 2 N–H and O–H groups in total. The van der Waals surface area contributed by atoms with Crippen LogP contribution in [0.1, 0.15) is 38.2 Å². The van der Waals surface area contributed by atoms with Gasteiger partial charge in [-0.2, -0.15) is 8.42 Å². The molecule has 0 saturated heterocycles. The number of nitrogens with two attached hydrogens (primary N) is 1. The van der Waals surface area contributed by atoms with Gasteiger partial charge in [0.2, 0.25) is 0 Å². The maximum atomic E-state index is 13.3. The molecule has 1 aromatic heterocycles. The van der Waals surface area contributed by atoms with E-state index in [2.05, 4.69) is 4.98 Å². The fourth-order valence-electron chi connectivity index (χ4n) is 2.37. The van der Waals surface area contributed by atoms with Crippen LogP contribution < -0.4 is 9.92 Å². The van der Waals surface area contributed by atoms with Crippen molar-refractivity contribution in [3.63, 3.8) is 0 Å². The van der Waals surface area contributed by atoms with Gasteiger partial charge in [0.25, 0.3) is 0 Å².